The first-order valence-corrected chi connectivity index (χ1v) is 9.43. The van der Waals surface area contributed by atoms with E-state index in [1.54, 1.807) is 37.3 Å². The lowest BCUT2D eigenvalue weighted by Crippen LogP contribution is -2.23. The Morgan fingerprint density at radius 1 is 1.11 bits per heavy atom. The summed E-state index contributed by atoms with van der Waals surface area (Å²) in [5.41, 5.74) is 3.41. The van der Waals surface area contributed by atoms with Crippen LogP contribution in [0.15, 0.2) is 42.5 Å². The number of hydrogen-bond donors (Lipinski definition) is 1. The monoisotopic (exact) mass is 380 g/mol. The standard InChI is InChI=1S/C22H24N2O4/c1-3-28-22(27)18-10-11-19(15(2)13-18)23-21(26)17-8-6-16(7-9-17)14-24-12-4-5-20(24)25/h6-11,13H,3-5,12,14H2,1-2H3,(H,23,26). The highest BCUT2D eigenvalue weighted by Crippen LogP contribution is 2.19. The number of hydrogen-bond acceptors (Lipinski definition) is 4. The van der Waals surface area contributed by atoms with Gasteiger partial charge in [-0.1, -0.05) is 12.1 Å². The molecule has 2 amide bonds. The topological polar surface area (TPSA) is 75.7 Å². The lowest BCUT2D eigenvalue weighted by atomic mass is 10.1. The maximum absolute atomic E-state index is 12.5. The van der Waals surface area contributed by atoms with E-state index in [2.05, 4.69) is 5.32 Å². The van der Waals surface area contributed by atoms with Crippen LogP contribution in [0.25, 0.3) is 0 Å². The minimum Gasteiger partial charge on any atom is -0.462 e. The van der Waals surface area contributed by atoms with Crippen LogP contribution in [0.4, 0.5) is 5.69 Å². The van der Waals surface area contributed by atoms with Crippen LogP contribution in [-0.2, 0) is 16.1 Å². The third-order valence-corrected chi connectivity index (χ3v) is 4.75. The molecular formula is C22H24N2O4. The van der Waals surface area contributed by atoms with E-state index in [1.165, 1.54) is 0 Å². The molecule has 1 saturated heterocycles. The second-order valence-corrected chi connectivity index (χ2v) is 6.82. The summed E-state index contributed by atoms with van der Waals surface area (Å²) in [4.78, 5) is 37.9. The van der Waals surface area contributed by atoms with Crippen molar-refractivity contribution in [3.05, 3.63) is 64.7 Å². The predicted molar refractivity (Wildman–Crippen MR) is 106 cm³/mol. The van der Waals surface area contributed by atoms with Gasteiger partial charge in [0.15, 0.2) is 0 Å². The number of amides is 2. The lowest BCUT2D eigenvalue weighted by Gasteiger charge is -2.15. The number of aryl methyl sites for hydroxylation is 1. The molecule has 6 heteroatoms. The van der Waals surface area contributed by atoms with Crippen LogP contribution in [0, 0.1) is 6.92 Å². The number of anilines is 1. The second kappa shape index (κ2) is 8.69. The molecule has 0 aliphatic carbocycles. The van der Waals surface area contributed by atoms with E-state index >= 15 is 0 Å². The first-order valence-electron chi connectivity index (χ1n) is 9.43. The molecule has 6 nitrogen and oxygen atoms in total. The van der Waals surface area contributed by atoms with E-state index < -0.39 is 0 Å². The van der Waals surface area contributed by atoms with Crippen LogP contribution in [0.1, 0.15) is 51.6 Å². The van der Waals surface area contributed by atoms with Crippen molar-refractivity contribution in [1.29, 1.82) is 0 Å². The number of esters is 1. The number of nitrogens with one attached hydrogen (secondary N) is 1. The average molecular weight is 380 g/mol. The van der Waals surface area contributed by atoms with Crippen molar-refractivity contribution in [2.24, 2.45) is 0 Å². The van der Waals surface area contributed by atoms with Gasteiger partial charge in [0.2, 0.25) is 5.91 Å². The fourth-order valence-electron chi connectivity index (χ4n) is 3.19. The molecule has 0 spiro atoms. The normalized spacial score (nSPS) is 13.5. The molecule has 0 atom stereocenters. The number of ether oxygens (including phenoxy) is 1. The molecule has 2 aromatic carbocycles. The van der Waals surface area contributed by atoms with Crippen LogP contribution in [0.2, 0.25) is 0 Å². The zero-order valence-corrected chi connectivity index (χ0v) is 16.2. The minimum absolute atomic E-state index is 0.184. The molecule has 1 heterocycles. The van der Waals surface area contributed by atoms with Crippen LogP contribution in [0.5, 0.6) is 0 Å². The highest BCUT2D eigenvalue weighted by atomic mass is 16.5. The van der Waals surface area contributed by atoms with Crippen LogP contribution in [0.3, 0.4) is 0 Å². The Balaban J connectivity index is 1.64. The van der Waals surface area contributed by atoms with E-state index in [4.69, 9.17) is 4.74 Å². The van der Waals surface area contributed by atoms with Crippen molar-refractivity contribution in [3.63, 3.8) is 0 Å². The molecule has 1 N–H and O–H groups in total. The van der Waals surface area contributed by atoms with Gasteiger partial charge in [-0.25, -0.2) is 4.79 Å². The van der Waals surface area contributed by atoms with Crippen molar-refractivity contribution in [3.8, 4) is 0 Å². The Kier molecular flexibility index (Phi) is 6.09. The fraction of sp³-hybridized carbons (Fsp3) is 0.318. The number of likely N-dealkylation sites (tertiary alicyclic amines) is 1. The fourth-order valence-corrected chi connectivity index (χ4v) is 3.19. The van der Waals surface area contributed by atoms with Crippen LogP contribution >= 0.6 is 0 Å². The molecule has 0 saturated carbocycles. The lowest BCUT2D eigenvalue weighted by molar-refractivity contribution is -0.128. The van der Waals surface area contributed by atoms with Gasteiger partial charge in [-0.15, -0.1) is 0 Å². The number of carbonyl (C=O) groups is 3. The van der Waals surface area contributed by atoms with Gasteiger partial charge >= 0.3 is 5.97 Å². The van der Waals surface area contributed by atoms with Gasteiger partial charge < -0.3 is 15.0 Å². The molecule has 1 aliphatic rings. The molecular weight excluding hydrogens is 356 g/mol. The largest absolute Gasteiger partial charge is 0.462 e. The van der Waals surface area contributed by atoms with Gasteiger partial charge in [-0.2, -0.15) is 0 Å². The molecule has 0 aromatic heterocycles. The first kappa shape index (κ1) is 19.6. The highest BCUT2D eigenvalue weighted by Gasteiger charge is 2.20. The molecule has 0 radical (unpaired) electrons. The molecule has 0 bridgehead atoms. The molecule has 1 fully saturated rings. The molecule has 1 aliphatic heterocycles. The van der Waals surface area contributed by atoms with Gasteiger partial charge in [0.25, 0.3) is 5.91 Å². The summed E-state index contributed by atoms with van der Waals surface area (Å²) in [6.45, 7) is 5.28. The van der Waals surface area contributed by atoms with Gasteiger partial charge in [0, 0.05) is 30.8 Å². The summed E-state index contributed by atoms with van der Waals surface area (Å²) < 4.78 is 4.99. The maximum atomic E-state index is 12.5. The van der Waals surface area contributed by atoms with Crippen LogP contribution in [-0.4, -0.2) is 35.8 Å². The Bertz CT molecular complexity index is 890. The number of nitrogens with zero attached hydrogens (tertiary/aromatic N) is 1. The van der Waals surface area contributed by atoms with E-state index in [1.807, 2.05) is 24.0 Å². The smallest absolute Gasteiger partial charge is 0.338 e. The summed E-state index contributed by atoms with van der Waals surface area (Å²) in [6.07, 6.45) is 1.53. The van der Waals surface area contributed by atoms with Crippen molar-refractivity contribution in [2.45, 2.75) is 33.2 Å². The van der Waals surface area contributed by atoms with Crippen molar-refractivity contribution in [1.82, 2.24) is 4.90 Å². The van der Waals surface area contributed by atoms with E-state index in [9.17, 15) is 14.4 Å². The zero-order valence-electron chi connectivity index (χ0n) is 16.2. The van der Waals surface area contributed by atoms with Crippen LogP contribution < -0.4 is 5.32 Å². The summed E-state index contributed by atoms with van der Waals surface area (Å²) in [5.74, 6) is -0.421. The number of benzene rings is 2. The average Bonchev–Trinajstić information content (AvgIpc) is 3.08. The maximum Gasteiger partial charge on any atom is 0.338 e. The highest BCUT2D eigenvalue weighted by molar-refractivity contribution is 6.05. The first-order chi connectivity index (χ1) is 13.5. The summed E-state index contributed by atoms with van der Waals surface area (Å²) in [6, 6.07) is 12.3. The Morgan fingerprint density at radius 2 is 1.82 bits per heavy atom. The van der Waals surface area contributed by atoms with E-state index in [-0.39, 0.29) is 17.8 Å². The molecule has 146 valence electrons. The Labute approximate surface area is 164 Å². The van der Waals surface area contributed by atoms with Gasteiger partial charge in [0.05, 0.1) is 12.2 Å². The van der Waals surface area contributed by atoms with Gasteiger partial charge in [0.1, 0.15) is 0 Å². The second-order valence-electron chi connectivity index (χ2n) is 6.82. The number of rotatable bonds is 6. The van der Waals surface area contributed by atoms with Gasteiger partial charge in [-0.3, -0.25) is 9.59 Å². The van der Waals surface area contributed by atoms with Crippen molar-refractivity contribution < 1.29 is 19.1 Å². The quantitative estimate of drug-likeness (QED) is 0.778. The number of carbonyl (C=O) groups excluding carboxylic acids is 3. The molecule has 3 rings (SSSR count). The summed E-state index contributed by atoms with van der Waals surface area (Å²) >= 11 is 0. The third-order valence-electron chi connectivity index (χ3n) is 4.75. The molecule has 28 heavy (non-hydrogen) atoms. The summed E-state index contributed by atoms with van der Waals surface area (Å²) in [7, 11) is 0. The Hall–Kier alpha value is -3.15. The van der Waals surface area contributed by atoms with E-state index in [0.717, 1.165) is 24.1 Å². The van der Waals surface area contributed by atoms with Crippen molar-refractivity contribution >= 4 is 23.5 Å². The molecule has 2 aromatic rings. The Morgan fingerprint density at radius 3 is 2.43 bits per heavy atom. The van der Waals surface area contributed by atoms with Gasteiger partial charge in [-0.05, 0) is 61.7 Å². The SMILES string of the molecule is CCOC(=O)c1ccc(NC(=O)c2ccc(CN3CCCC3=O)cc2)c(C)c1. The van der Waals surface area contributed by atoms with Crippen molar-refractivity contribution in [2.75, 3.05) is 18.5 Å². The minimum atomic E-state index is -0.379. The van der Waals surface area contributed by atoms with E-state index in [0.29, 0.717) is 36.4 Å². The predicted octanol–water partition coefficient (Wildman–Crippen LogP) is 3.55. The third kappa shape index (κ3) is 4.57. The summed E-state index contributed by atoms with van der Waals surface area (Å²) in [5, 5.41) is 2.87. The molecule has 0 unspecified atom stereocenters. The zero-order chi connectivity index (χ0) is 20.1.